The second kappa shape index (κ2) is 4.20. The van der Waals surface area contributed by atoms with E-state index in [2.05, 4.69) is 22.3 Å². The summed E-state index contributed by atoms with van der Waals surface area (Å²) in [6, 6.07) is 2.93. The van der Waals surface area contributed by atoms with Gasteiger partial charge in [0.25, 0.3) is 0 Å². The molecule has 3 heteroatoms. The molecule has 0 radical (unpaired) electrons. The predicted molar refractivity (Wildman–Crippen MR) is 56.1 cm³/mol. The first-order valence-electron chi connectivity index (χ1n) is 5.00. The van der Waals surface area contributed by atoms with E-state index in [1.165, 1.54) is 37.2 Å². The van der Waals surface area contributed by atoms with Crippen LogP contribution in [0.15, 0.2) is 12.3 Å². The number of hydrogen-bond acceptors (Lipinski definition) is 3. The van der Waals surface area contributed by atoms with Gasteiger partial charge in [-0.1, -0.05) is 0 Å². The zero-order chi connectivity index (χ0) is 9.10. The molecule has 0 N–H and O–H groups in total. The van der Waals surface area contributed by atoms with Crippen LogP contribution in [0.1, 0.15) is 24.6 Å². The van der Waals surface area contributed by atoms with Crippen LogP contribution in [-0.2, 0) is 6.42 Å². The summed E-state index contributed by atoms with van der Waals surface area (Å²) in [5.74, 6) is 0. The molecule has 2 nitrogen and oxygen atoms in total. The average Bonchev–Trinajstić information content (AvgIpc) is 2.72. The number of rotatable bonds is 3. The molecular formula is C10H16N2S. The van der Waals surface area contributed by atoms with E-state index in [-0.39, 0.29) is 0 Å². The fraction of sp³-hybridized carbons (Fsp3) is 0.700. The van der Waals surface area contributed by atoms with E-state index >= 15 is 0 Å². The van der Waals surface area contributed by atoms with Gasteiger partial charge in [0.15, 0.2) is 0 Å². The highest BCUT2D eigenvalue weighted by Crippen LogP contribution is 2.17. The van der Waals surface area contributed by atoms with Crippen LogP contribution in [0.4, 0.5) is 0 Å². The van der Waals surface area contributed by atoms with Gasteiger partial charge in [-0.3, -0.25) is 0 Å². The van der Waals surface area contributed by atoms with Crippen molar-refractivity contribution >= 4 is 11.5 Å². The number of likely N-dealkylation sites (tertiary alicyclic amines) is 1. The van der Waals surface area contributed by atoms with Gasteiger partial charge in [0.2, 0.25) is 0 Å². The summed E-state index contributed by atoms with van der Waals surface area (Å²) in [6.07, 6.45) is 5.83. The van der Waals surface area contributed by atoms with Gasteiger partial charge in [-0.05, 0) is 50.3 Å². The van der Waals surface area contributed by atoms with Gasteiger partial charge in [-0.2, -0.15) is 0 Å². The Morgan fingerprint density at radius 3 is 3.23 bits per heavy atom. The Hall–Kier alpha value is -0.410. The van der Waals surface area contributed by atoms with E-state index in [1.807, 2.05) is 6.20 Å². The highest BCUT2D eigenvalue weighted by Gasteiger charge is 2.19. The van der Waals surface area contributed by atoms with Gasteiger partial charge in [-0.25, -0.2) is 4.37 Å². The monoisotopic (exact) mass is 196 g/mol. The lowest BCUT2D eigenvalue weighted by atomic mass is 10.2. The Labute approximate surface area is 83.7 Å². The van der Waals surface area contributed by atoms with Crippen LogP contribution in [0.5, 0.6) is 0 Å². The number of aromatic nitrogens is 1. The second-order valence-corrected chi connectivity index (χ2v) is 4.67. The van der Waals surface area contributed by atoms with E-state index < -0.39 is 0 Å². The molecular weight excluding hydrogens is 180 g/mol. The lowest BCUT2D eigenvalue weighted by Crippen LogP contribution is -2.28. The summed E-state index contributed by atoms with van der Waals surface area (Å²) in [5, 5.41) is 0. The van der Waals surface area contributed by atoms with Crippen molar-refractivity contribution in [2.75, 3.05) is 13.1 Å². The van der Waals surface area contributed by atoms with Crippen molar-refractivity contribution in [2.24, 2.45) is 0 Å². The number of hydrogen-bond donors (Lipinski definition) is 0. The lowest BCUT2D eigenvalue weighted by Gasteiger charge is -2.19. The Kier molecular flexibility index (Phi) is 2.96. The van der Waals surface area contributed by atoms with E-state index in [4.69, 9.17) is 0 Å². The third-order valence-electron chi connectivity index (χ3n) is 2.83. The normalized spacial score (nSPS) is 23.9. The molecule has 1 aromatic heterocycles. The molecule has 2 rings (SSSR count). The lowest BCUT2D eigenvalue weighted by molar-refractivity contribution is 0.273. The smallest absolute Gasteiger partial charge is 0.0409 e. The average molecular weight is 196 g/mol. The SMILES string of the molecule is C[C@@H]1CCCN1CCc1ccns1. The van der Waals surface area contributed by atoms with Crippen molar-refractivity contribution in [3.63, 3.8) is 0 Å². The summed E-state index contributed by atoms with van der Waals surface area (Å²) in [6.45, 7) is 4.84. The van der Waals surface area contributed by atoms with Crippen LogP contribution in [-0.4, -0.2) is 28.4 Å². The fourth-order valence-corrected chi connectivity index (χ4v) is 2.51. The molecule has 1 aliphatic heterocycles. The minimum atomic E-state index is 0.799. The molecule has 0 spiro atoms. The van der Waals surface area contributed by atoms with E-state index in [0.717, 1.165) is 6.04 Å². The molecule has 0 saturated carbocycles. The summed E-state index contributed by atoms with van der Waals surface area (Å²) >= 11 is 1.63. The summed E-state index contributed by atoms with van der Waals surface area (Å²) in [4.78, 5) is 4.00. The Morgan fingerprint density at radius 2 is 2.62 bits per heavy atom. The topological polar surface area (TPSA) is 16.1 Å². The molecule has 13 heavy (non-hydrogen) atoms. The van der Waals surface area contributed by atoms with Crippen molar-refractivity contribution in [2.45, 2.75) is 32.2 Å². The highest BCUT2D eigenvalue weighted by atomic mass is 32.1. The molecule has 72 valence electrons. The third kappa shape index (κ3) is 2.29. The minimum absolute atomic E-state index is 0.799. The summed E-state index contributed by atoms with van der Waals surface area (Å²) in [7, 11) is 0. The molecule has 0 unspecified atom stereocenters. The maximum atomic E-state index is 4.11. The van der Waals surface area contributed by atoms with Crippen molar-refractivity contribution in [3.05, 3.63) is 17.1 Å². The zero-order valence-corrected chi connectivity index (χ0v) is 8.89. The molecule has 0 bridgehead atoms. The van der Waals surface area contributed by atoms with Crippen molar-refractivity contribution < 1.29 is 0 Å². The van der Waals surface area contributed by atoms with Gasteiger partial charge >= 0.3 is 0 Å². The van der Waals surface area contributed by atoms with Crippen LogP contribution in [0, 0.1) is 0 Å². The largest absolute Gasteiger partial charge is 0.300 e. The van der Waals surface area contributed by atoms with E-state index in [0.29, 0.717) is 0 Å². The second-order valence-electron chi connectivity index (χ2n) is 3.76. The van der Waals surface area contributed by atoms with Crippen LogP contribution in [0.3, 0.4) is 0 Å². The Bertz CT molecular complexity index is 245. The Balaban J connectivity index is 1.79. The first-order chi connectivity index (χ1) is 6.36. The van der Waals surface area contributed by atoms with Crippen LogP contribution in [0.25, 0.3) is 0 Å². The van der Waals surface area contributed by atoms with Gasteiger partial charge in [-0.15, -0.1) is 0 Å². The van der Waals surface area contributed by atoms with Gasteiger partial charge in [0.1, 0.15) is 0 Å². The molecule has 0 aromatic carbocycles. The highest BCUT2D eigenvalue weighted by molar-refractivity contribution is 7.05. The van der Waals surface area contributed by atoms with Gasteiger partial charge < -0.3 is 4.90 Å². The standard InChI is InChI=1S/C10H16N2S/c1-9-3-2-7-12(9)8-5-10-4-6-11-13-10/h4,6,9H,2-3,5,7-8H2,1H3/t9-/m1/s1. The predicted octanol–water partition coefficient (Wildman–Crippen LogP) is 2.17. The first-order valence-corrected chi connectivity index (χ1v) is 5.77. The van der Waals surface area contributed by atoms with E-state index in [9.17, 15) is 0 Å². The molecule has 1 atom stereocenters. The number of nitrogens with zero attached hydrogens (tertiary/aromatic N) is 2. The Morgan fingerprint density at radius 1 is 1.69 bits per heavy atom. The van der Waals surface area contributed by atoms with E-state index in [1.54, 1.807) is 11.5 Å². The van der Waals surface area contributed by atoms with Gasteiger partial charge in [0.05, 0.1) is 0 Å². The minimum Gasteiger partial charge on any atom is -0.300 e. The maximum absolute atomic E-state index is 4.11. The van der Waals surface area contributed by atoms with Crippen molar-refractivity contribution in [1.29, 1.82) is 0 Å². The molecule has 1 aromatic rings. The fourth-order valence-electron chi connectivity index (χ4n) is 1.95. The molecule has 1 fully saturated rings. The van der Waals surface area contributed by atoms with Crippen molar-refractivity contribution in [3.8, 4) is 0 Å². The molecule has 1 aliphatic rings. The van der Waals surface area contributed by atoms with Crippen molar-refractivity contribution in [1.82, 2.24) is 9.27 Å². The maximum Gasteiger partial charge on any atom is 0.0409 e. The molecule has 0 amide bonds. The third-order valence-corrected chi connectivity index (χ3v) is 3.63. The molecule has 0 aliphatic carbocycles. The van der Waals surface area contributed by atoms with Crippen LogP contribution in [0.2, 0.25) is 0 Å². The first kappa shape index (κ1) is 9.16. The zero-order valence-electron chi connectivity index (χ0n) is 8.07. The summed E-state index contributed by atoms with van der Waals surface area (Å²) in [5.41, 5.74) is 0. The molecule has 2 heterocycles. The quantitative estimate of drug-likeness (QED) is 0.736. The molecule has 1 saturated heterocycles. The van der Waals surface area contributed by atoms with Gasteiger partial charge in [0, 0.05) is 23.7 Å². The van der Waals surface area contributed by atoms with Crippen LogP contribution >= 0.6 is 11.5 Å². The summed E-state index contributed by atoms with van der Waals surface area (Å²) < 4.78 is 4.11. The van der Waals surface area contributed by atoms with Crippen LogP contribution < -0.4 is 0 Å².